The van der Waals surface area contributed by atoms with Crippen molar-refractivity contribution in [3.8, 4) is 0 Å². The monoisotopic (exact) mass is 473 g/mol. The highest BCUT2D eigenvalue weighted by atomic mass is 16.6. The van der Waals surface area contributed by atoms with Crippen molar-refractivity contribution in [1.29, 1.82) is 0 Å². The molecular formula is C28H43NO5. The lowest BCUT2D eigenvalue weighted by Crippen LogP contribution is -2.56. The van der Waals surface area contributed by atoms with E-state index in [2.05, 4.69) is 27.7 Å². The molecule has 1 amide bonds. The molecule has 0 aromatic rings. The number of Topliss-reactive ketones (excluding diaryl/α,β-unsaturated/α-hetero) is 1. The van der Waals surface area contributed by atoms with Gasteiger partial charge in [-0.3, -0.25) is 9.69 Å². The molecule has 4 aliphatic carbocycles. The van der Waals surface area contributed by atoms with E-state index in [4.69, 9.17) is 9.47 Å². The molecule has 190 valence electrons. The standard InChI is InChI=1S/C28H43NO5/c1-17(2)14-22(24(31)33-5)29-16-28(34-25(29)32)13-12-26(3)18(15-28)6-7-19-20-8-9-23(30)27(20,4)11-10-21(19)26/h17-22H,6-16H2,1-5H3. The maximum Gasteiger partial charge on any atom is 0.411 e. The molecule has 6 heteroatoms. The molecule has 0 bridgehead atoms. The average molecular weight is 474 g/mol. The maximum atomic E-state index is 13.0. The van der Waals surface area contributed by atoms with Crippen molar-refractivity contribution in [2.45, 2.75) is 104 Å². The number of ether oxygens (including phenoxy) is 2. The molecule has 1 aliphatic heterocycles. The van der Waals surface area contributed by atoms with Gasteiger partial charge < -0.3 is 9.47 Å². The van der Waals surface area contributed by atoms with Gasteiger partial charge in [0.05, 0.1) is 13.7 Å². The third kappa shape index (κ3) is 3.52. The van der Waals surface area contributed by atoms with Gasteiger partial charge in [-0.1, -0.05) is 27.7 Å². The molecule has 5 rings (SSSR count). The summed E-state index contributed by atoms with van der Waals surface area (Å²) in [5, 5.41) is 0. The molecule has 0 aromatic heterocycles. The Labute approximate surface area is 204 Å². The second kappa shape index (κ2) is 8.23. The van der Waals surface area contributed by atoms with Crippen LogP contribution in [-0.4, -0.2) is 48.0 Å². The van der Waals surface area contributed by atoms with E-state index >= 15 is 0 Å². The molecule has 34 heavy (non-hydrogen) atoms. The fourth-order valence-corrected chi connectivity index (χ4v) is 9.14. The van der Waals surface area contributed by atoms with Crippen LogP contribution in [0.15, 0.2) is 0 Å². The molecule has 1 heterocycles. The third-order valence-electron chi connectivity index (χ3n) is 11.1. The van der Waals surface area contributed by atoms with E-state index in [1.807, 2.05) is 0 Å². The third-order valence-corrected chi connectivity index (χ3v) is 11.1. The summed E-state index contributed by atoms with van der Waals surface area (Å²) in [7, 11) is 1.39. The van der Waals surface area contributed by atoms with Gasteiger partial charge in [0.2, 0.25) is 0 Å². The zero-order valence-corrected chi connectivity index (χ0v) is 21.7. The molecule has 5 aliphatic rings. The zero-order valence-electron chi connectivity index (χ0n) is 21.7. The first-order chi connectivity index (χ1) is 16.0. The average Bonchev–Trinajstić information content (AvgIpc) is 3.28. The van der Waals surface area contributed by atoms with Crippen LogP contribution >= 0.6 is 0 Å². The fourth-order valence-electron chi connectivity index (χ4n) is 9.14. The number of amides is 1. The first-order valence-electron chi connectivity index (χ1n) is 13.6. The minimum Gasteiger partial charge on any atom is -0.467 e. The van der Waals surface area contributed by atoms with Crippen molar-refractivity contribution in [2.75, 3.05) is 13.7 Å². The first-order valence-corrected chi connectivity index (χ1v) is 13.6. The number of fused-ring (bicyclic) bond motifs is 5. The molecule has 8 unspecified atom stereocenters. The summed E-state index contributed by atoms with van der Waals surface area (Å²) in [5.74, 6) is 2.85. The molecule has 4 saturated carbocycles. The Balaban J connectivity index is 1.33. The van der Waals surface area contributed by atoms with Crippen LogP contribution in [-0.2, 0) is 19.1 Å². The molecule has 5 fully saturated rings. The van der Waals surface area contributed by atoms with E-state index in [9.17, 15) is 14.4 Å². The molecular weight excluding hydrogens is 430 g/mol. The van der Waals surface area contributed by atoms with E-state index in [0.717, 1.165) is 51.4 Å². The van der Waals surface area contributed by atoms with Gasteiger partial charge in [-0.05, 0) is 92.8 Å². The molecule has 8 atom stereocenters. The lowest BCUT2D eigenvalue weighted by atomic mass is 9.44. The number of methoxy groups -OCH3 is 1. The Kier molecular flexibility index (Phi) is 5.84. The normalized spacial score (nSPS) is 44.5. The molecule has 6 nitrogen and oxygen atoms in total. The summed E-state index contributed by atoms with van der Waals surface area (Å²) in [6.07, 6.45) is 9.47. The molecule has 0 radical (unpaired) electrons. The van der Waals surface area contributed by atoms with Gasteiger partial charge in [0.15, 0.2) is 0 Å². The Hall–Kier alpha value is -1.59. The summed E-state index contributed by atoms with van der Waals surface area (Å²) < 4.78 is 11.2. The molecule has 1 saturated heterocycles. The summed E-state index contributed by atoms with van der Waals surface area (Å²) in [6, 6.07) is -0.572. The topological polar surface area (TPSA) is 72.9 Å². The van der Waals surface area contributed by atoms with Crippen molar-refractivity contribution in [3.63, 3.8) is 0 Å². The molecule has 1 spiro atoms. The number of carbonyl (C=O) groups is 3. The molecule has 0 N–H and O–H groups in total. The maximum absolute atomic E-state index is 13.0. The van der Waals surface area contributed by atoms with Crippen LogP contribution in [0.2, 0.25) is 0 Å². The second-order valence-corrected chi connectivity index (χ2v) is 13.1. The van der Waals surface area contributed by atoms with E-state index in [1.165, 1.54) is 13.5 Å². The summed E-state index contributed by atoms with van der Waals surface area (Å²) in [5.41, 5.74) is -0.314. The Morgan fingerprint density at radius 2 is 1.85 bits per heavy atom. The number of ketones is 1. The van der Waals surface area contributed by atoms with Crippen LogP contribution < -0.4 is 0 Å². The van der Waals surface area contributed by atoms with Crippen LogP contribution in [0.3, 0.4) is 0 Å². The van der Waals surface area contributed by atoms with Gasteiger partial charge in [-0.2, -0.15) is 0 Å². The van der Waals surface area contributed by atoms with Crippen molar-refractivity contribution >= 4 is 17.8 Å². The van der Waals surface area contributed by atoms with E-state index in [0.29, 0.717) is 42.4 Å². The lowest BCUT2D eigenvalue weighted by molar-refractivity contribution is -0.149. The minimum absolute atomic E-state index is 0.0823. The summed E-state index contributed by atoms with van der Waals surface area (Å²) in [6.45, 7) is 9.35. The minimum atomic E-state index is -0.572. The lowest BCUT2D eigenvalue weighted by Gasteiger charge is -2.61. The smallest absolute Gasteiger partial charge is 0.411 e. The number of rotatable bonds is 4. The van der Waals surface area contributed by atoms with E-state index in [1.54, 1.807) is 4.90 Å². The summed E-state index contributed by atoms with van der Waals surface area (Å²) in [4.78, 5) is 39.9. The Morgan fingerprint density at radius 3 is 2.56 bits per heavy atom. The highest BCUT2D eigenvalue weighted by molar-refractivity contribution is 5.87. The van der Waals surface area contributed by atoms with Gasteiger partial charge >= 0.3 is 12.1 Å². The number of hydrogen-bond donors (Lipinski definition) is 0. The largest absolute Gasteiger partial charge is 0.467 e. The van der Waals surface area contributed by atoms with Crippen LogP contribution in [0.4, 0.5) is 4.79 Å². The summed E-state index contributed by atoms with van der Waals surface area (Å²) >= 11 is 0. The predicted octanol–water partition coefficient (Wildman–Crippen LogP) is 5.38. The first kappa shape index (κ1) is 24.1. The van der Waals surface area contributed by atoms with Crippen LogP contribution in [0.1, 0.15) is 91.9 Å². The van der Waals surface area contributed by atoms with Crippen molar-refractivity contribution in [1.82, 2.24) is 4.90 Å². The van der Waals surface area contributed by atoms with E-state index in [-0.39, 0.29) is 28.8 Å². The molecule has 0 aromatic carbocycles. The highest BCUT2D eigenvalue weighted by Gasteiger charge is 2.63. The van der Waals surface area contributed by atoms with E-state index < -0.39 is 11.6 Å². The van der Waals surface area contributed by atoms with Gasteiger partial charge in [0.25, 0.3) is 0 Å². The highest BCUT2D eigenvalue weighted by Crippen LogP contribution is 2.66. The van der Waals surface area contributed by atoms with Gasteiger partial charge in [0.1, 0.15) is 17.4 Å². The number of esters is 1. The van der Waals surface area contributed by atoms with Gasteiger partial charge in [-0.15, -0.1) is 0 Å². The SMILES string of the molecule is COC(=O)C(CC(C)C)N1CC2(CCC3(C)C(CCC4C5CCC(=O)C5(C)CCC43)C2)OC1=O. The van der Waals surface area contributed by atoms with Crippen molar-refractivity contribution in [3.05, 3.63) is 0 Å². The van der Waals surface area contributed by atoms with Gasteiger partial charge in [0, 0.05) is 11.8 Å². The quantitative estimate of drug-likeness (QED) is 0.513. The number of hydrogen-bond acceptors (Lipinski definition) is 5. The number of nitrogens with zero attached hydrogens (tertiary/aromatic N) is 1. The van der Waals surface area contributed by atoms with Crippen LogP contribution in [0, 0.1) is 40.4 Å². The van der Waals surface area contributed by atoms with Crippen LogP contribution in [0.25, 0.3) is 0 Å². The Bertz CT molecular complexity index is 871. The fraction of sp³-hybridized carbons (Fsp3) is 0.893. The second-order valence-electron chi connectivity index (χ2n) is 13.1. The number of carbonyl (C=O) groups excluding carboxylic acids is 3. The van der Waals surface area contributed by atoms with Gasteiger partial charge in [-0.25, -0.2) is 9.59 Å². The predicted molar refractivity (Wildman–Crippen MR) is 128 cm³/mol. The van der Waals surface area contributed by atoms with Crippen molar-refractivity contribution in [2.24, 2.45) is 40.4 Å². The van der Waals surface area contributed by atoms with Crippen LogP contribution in [0.5, 0.6) is 0 Å². The Morgan fingerprint density at radius 1 is 1.09 bits per heavy atom. The zero-order chi connectivity index (χ0) is 24.5. The van der Waals surface area contributed by atoms with Crippen molar-refractivity contribution < 1.29 is 23.9 Å².